The number of carbonyl (C=O) groups excluding carboxylic acids is 4. The van der Waals surface area contributed by atoms with Crippen molar-refractivity contribution in [1.29, 1.82) is 0 Å². The van der Waals surface area contributed by atoms with Gasteiger partial charge in [0.25, 0.3) is 11.8 Å². The van der Waals surface area contributed by atoms with E-state index in [1.165, 1.54) is 6.92 Å². The van der Waals surface area contributed by atoms with Crippen LogP contribution in [0.25, 0.3) is 0 Å². The third kappa shape index (κ3) is 4.47. The Balaban J connectivity index is 1.62. The van der Waals surface area contributed by atoms with E-state index in [2.05, 4.69) is 5.32 Å². The number of nitrogens with one attached hydrogen (secondary N) is 1. The Bertz CT molecular complexity index is 830. The number of imide groups is 1. The highest BCUT2D eigenvalue weighted by molar-refractivity contribution is 6.08. The molecule has 2 heterocycles. The van der Waals surface area contributed by atoms with E-state index >= 15 is 0 Å². The third-order valence-electron chi connectivity index (χ3n) is 5.76. The molecule has 8 heteroatoms. The predicted octanol–water partition coefficient (Wildman–Crippen LogP) is 2.10. The maximum atomic E-state index is 12.9. The summed E-state index contributed by atoms with van der Waals surface area (Å²) in [4.78, 5) is 52.8. The van der Waals surface area contributed by atoms with Crippen LogP contribution in [0.4, 0.5) is 4.79 Å². The first-order valence-corrected chi connectivity index (χ1v) is 10.4. The molecule has 0 aromatic heterocycles. The first-order chi connectivity index (χ1) is 14.2. The molecule has 0 spiro atoms. The molecule has 4 amide bonds. The van der Waals surface area contributed by atoms with Crippen LogP contribution in [0.1, 0.15) is 50.7 Å². The minimum atomic E-state index is -1.25. The van der Waals surface area contributed by atoms with Crippen LogP contribution < -0.4 is 5.32 Å². The molecule has 8 nitrogen and oxygen atoms in total. The van der Waals surface area contributed by atoms with Crippen LogP contribution in [-0.4, -0.2) is 59.4 Å². The Labute approximate surface area is 176 Å². The average Bonchev–Trinajstić information content (AvgIpc) is 2.91. The zero-order valence-electron chi connectivity index (χ0n) is 17.8. The summed E-state index contributed by atoms with van der Waals surface area (Å²) in [5.74, 6) is -1.56. The molecule has 0 bridgehead atoms. The van der Waals surface area contributed by atoms with Crippen LogP contribution in [0.3, 0.4) is 0 Å². The lowest BCUT2D eigenvalue weighted by molar-refractivity contribution is -0.160. The quantitative estimate of drug-likeness (QED) is 0.587. The molecule has 0 aliphatic carbocycles. The normalized spacial score (nSPS) is 23.0. The van der Waals surface area contributed by atoms with Crippen molar-refractivity contribution in [3.63, 3.8) is 0 Å². The number of aryl methyl sites for hydroxylation is 1. The highest BCUT2D eigenvalue weighted by atomic mass is 16.5. The minimum Gasteiger partial charge on any atom is -0.451 e. The standard InChI is InChI=1S/C22H29N3O5/c1-15-8-10-17(11-9-15)22(3)20(28)25(21(29)23-22)14-18(26)30-16(2)19(27)24-12-6-4-5-7-13-24/h8-11,16H,4-7,12-14H2,1-3H3,(H,23,29)/t16-,22+/m1/s1. The van der Waals surface area contributed by atoms with E-state index in [1.54, 1.807) is 24.0 Å². The minimum absolute atomic E-state index is 0.244. The lowest BCUT2D eigenvalue weighted by Crippen LogP contribution is -2.43. The molecule has 0 radical (unpaired) electrons. The van der Waals surface area contributed by atoms with Gasteiger partial charge in [0.15, 0.2) is 6.10 Å². The van der Waals surface area contributed by atoms with Gasteiger partial charge in [-0.05, 0) is 39.2 Å². The molecular weight excluding hydrogens is 386 g/mol. The van der Waals surface area contributed by atoms with Crippen LogP contribution in [0, 0.1) is 6.92 Å². The number of likely N-dealkylation sites (tertiary alicyclic amines) is 1. The average molecular weight is 415 g/mol. The molecule has 1 aromatic rings. The summed E-state index contributed by atoms with van der Waals surface area (Å²) in [6.45, 7) is 5.83. The summed E-state index contributed by atoms with van der Waals surface area (Å²) in [5, 5.41) is 2.66. The molecule has 2 saturated heterocycles. The highest BCUT2D eigenvalue weighted by Gasteiger charge is 2.49. The van der Waals surface area contributed by atoms with E-state index in [4.69, 9.17) is 4.74 Å². The monoisotopic (exact) mass is 415 g/mol. The van der Waals surface area contributed by atoms with Gasteiger partial charge in [-0.25, -0.2) is 4.79 Å². The number of benzene rings is 1. The van der Waals surface area contributed by atoms with E-state index in [0.717, 1.165) is 36.1 Å². The summed E-state index contributed by atoms with van der Waals surface area (Å²) in [5.41, 5.74) is 0.410. The molecular formula is C22H29N3O5. The zero-order valence-corrected chi connectivity index (χ0v) is 17.8. The Kier molecular flexibility index (Phi) is 6.43. The van der Waals surface area contributed by atoms with Gasteiger partial charge in [0.2, 0.25) is 0 Å². The number of nitrogens with zero attached hydrogens (tertiary/aromatic N) is 2. The molecule has 30 heavy (non-hydrogen) atoms. The van der Waals surface area contributed by atoms with E-state index < -0.39 is 36.1 Å². The molecule has 162 valence electrons. The summed E-state index contributed by atoms with van der Waals surface area (Å²) >= 11 is 0. The first kappa shape index (κ1) is 21.8. The second-order valence-corrected chi connectivity index (χ2v) is 8.18. The fourth-order valence-corrected chi connectivity index (χ4v) is 3.89. The van der Waals surface area contributed by atoms with Gasteiger partial charge >= 0.3 is 12.0 Å². The van der Waals surface area contributed by atoms with Gasteiger partial charge in [-0.1, -0.05) is 42.7 Å². The van der Waals surface area contributed by atoms with E-state index in [9.17, 15) is 19.2 Å². The van der Waals surface area contributed by atoms with Crippen molar-refractivity contribution in [2.45, 2.75) is 58.1 Å². The maximum Gasteiger partial charge on any atom is 0.327 e. The van der Waals surface area contributed by atoms with Gasteiger partial charge in [0, 0.05) is 13.1 Å². The summed E-state index contributed by atoms with van der Waals surface area (Å²) in [7, 11) is 0. The van der Waals surface area contributed by atoms with E-state index in [-0.39, 0.29) is 5.91 Å². The SMILES string of the molecule is Cc1ccc([C@]2(C)NC(=O)N(CC(=O)O[C@H](C)C(=O)N3CCCCCC3)C2=O)cc1. The molecule has 2 aliphatic heterocycles. The van der Waals surface area contributed by atoms with Crippen molar-refractivity contribution in [2.75, 3.05) is 19.6 Å². The number of carbonyl (C=O) groups is 4. The van der Waals surface area contributed by atoms with Gasteiger partial charge in [-0.3, -0.25) is 19.3 Å². The molecule has 1 N–H and O–H groups in total. The van der Waals surface area contributed by atoms with E-state index in [1.807, 2.05) is 19.1 Å². The van der Waals surface area contributed by atoms with Crippen molar-refractivity contribution < 1.29 is 23.9 Å². The fourth-order valence-electron chi connectivity index (χ4n) is 3.89. The topological polar surface area (TPSA) is 96.0 Å². The van der Waals surface area contributed by atoms with Crippen LogP contribution in [0.5, 0.6) is 0 Å². The molecule has 2 fully saturated rings. The highest BCUT2D eigenvalue weighted by Crippen LogP contribution is 2.29. The lowest BCUT2D eigenvalue weighted by atomic mass is 9.91. The molecule has 2 aliphatic rings. The summed E-state index contributed by atoms with van der Waals surface area (Å²) < 4.78 is 5.25. The number of esters is 1. The second-order valence-electron chi connectivity index (χ2n) is 8.18. The van der Waals surface area contributed by atoms with Crippen molar-refractivity contribution in [2.24, 2.45) is 0 Å². The smallest absolute Gasteiger partial charge is 0.327 e. The number of ether oxygens (including phenoxy) is 1. The number of hydrogen-bond acceptors (Lipinski definition) is 5. The van der Waals surface area contributed by atoms with Gasteiger partial charge in [-0.15, -0.1) is 0 Å². The predicted molar refractivity (Wildman–Crippen MR) is 109 cm³/mol. The van der Waals surface area contributed by atoms with Crippen LogP contribution >= 0.6 is 0 Å². The van der Waals surface area contributed by atoms with Crippen LogP contribution in [0.2, 0.25) is 0 Å². The number of hydrogen-bond donors (Lipinski definition) is 1. The Morgan fingerprint density at radius 3 is 2.30 bits per heavy atom. The molecule has 0 saturated carbocycles. The van der Waals surface area contributed by atoms with Crippen molar-refractivity contribution in [3.8, 4) is 0 Å². The Morgan fingerprint density at radius 2 is 1.70 bits per heavy atom. The number of urea groups is 1. The van der Waals surface area contributed by atoms with Gasteiger partial charge in [0.1, 0.15) is 12.1 Å². The molecule has 2 atom stereocenters. The lowest BCUT2D eigenvalue weighted by Gasteiger charge is -2.24. The summed E-state index contributed by atoms with van der Waals surface area (Å²) in [6.07, 6.45) is 3.09. The third-order valence-corrected chi connectivity index (χ3v) is 5.76. The molecule has 0 unspecified atom stereocenters. The van der Waals surface area contributed by atoms with Crippen molar-refractivity contribution >= 4 is 23.8 Å². The van der Waals surface area contributed by atoms with Gasteiger partial charge < -0.3 is 15.0 Å². The largest absolute Gasteiger partial charge is 0.451 e. The molecule has 3 rings (SSSR count). The van der Waals surface area contributed by atoms with Gasteiger partial charge in [0.05, 0.1) is 0 Å². The number of rotatable bonds is 5. The summed E-state index contributed by atoms with van der Waals surface area (Å²) in [6, 6.07) is 6.60. The first-order valence-electron chi connectivity index (χ1n) is 10.4. The Hall–Kier alpha value is -2.90. The van der Waals surface area contributed by atoms with Crippen molar-refractivity contribution in [1.82, 2.24) is 15.1 Å². The second kappa shape index (κ2) is 8.85. The molecule has 1 aromatic carbocycles. The van der Waals surface area contributed by atoms with Crippen molar-refractivity contribution in [3.05, 3.63) is 35.4 Å². The van der Waals surface area contributed by atoms with Crippen LogP contribution in [0.15, 0.2) is 24.3 Å². The zero-order chi connectivity index (χ0) is 21.9. The fraction of sp³-hybridized carbons (Fsp3) is 0.545. The van der Waals surface area contributed by atoms with Gasteiger partial charge in [-0.2, -0.15) is 0 Å². The number of amides is 4. The van der Waals surface area contributed by atoms with E-state index in [0.29, 0.717) is 18.7 Å². The maximum absolute atomic E-state index is 12.9. The van der Waals surface area contributed by atoms with Crippen LogP contribution in [-0.2, 0) is 24.7 Å². The Morgan fingerprint density at radius 1 is 1.10 bits per heavy atom.